The number of alkyl halides is 1. The standard InChI is InChI=1S/C10H11Br/c11-8-9-4-1-2-5-10(8,9)7-3-6-9/h1-2,4-5,8H,3,6-7H2/t9-,10-/m0/s1. The van der Waals surface area contributed by atoms with Gasteiger partial charge in [0.05, 0.1) is 0 Å². The van der Waals surface area contributed by atoms with E-state index < -0.39 is 0 Å². The van der Waals surface area contributed by atoms with E-state index in [0.29, 0.717) is 10.8 Å². The van der Waals surface area contributed by atoms with Crippen LogP contribution in [0, 0.1) is 10.8 Å². The molecule has 0 nitrogen and oxygen atoms in total. The van der Waals surface area contributed by atoms with E-state index >= 15 is 0 Å². The van der Waals surface area contributed by atoms with E-state index in [2.05, 4.69) is 40.2 Å². The molecule has 0 unspecified atom stereocenters. The van der Waals surface area contributed by atoms with Crippen molar-refractivity contribution in [2.75, 3.05) is 0 Å². The second-order valence-corrected chi connectivity index (χ2v) is 4.93. The summed E-state index contributed by atoms with van der Waals surface area (Å²) in [4.78, 5) is 0.742. The van der Waals surface area contributed by atoms with Crippen LogP contribution in [0.3, 0.4) is 0 Å². The van der Waals surface area contributed by atoms with Crippen LogP contribution in [0.15, 0.2) is 24.3 Å². The predicted molar refractivity (Wildman–Crippen MR) is 49.7 cm³/mol. The number of rotatable bonds is 0. The molecule has 0 aromatic rings. The van der Waals surface area contributed by atoms with Crippen LogP contribution in [0.25, 0.3) is 0 Å². The molecular weight excluding hydrogens is 200 g/mol. The zero-order chi connectivity index (χ0) is 7.53. The van der Waals surface area contributed by atoms with E-state index in [1.807, 2.05) is 0 Å². The van der Waals surface area contributed by atoms with Crippen LogP contribution in [0.1, 0.15) is 19.3 Å². The third kappa shape index (κ3) is 0.488. The smallest absolute Gasteiger partial charge is 0.0345 e. The zero-order valence-electron chi connectivity index (χ0n) is 6.39. The van der Waals surface area contributed by atoms with Gasteiger partial charge in [-0.1, -0.05) is 46.7 Å². The fraction of sp³-hybridized carbons (Fsp3) is 0.600. The highest BCUT2D eigenvalue weighted by Crippen LogP contribution is 2.78. The van der Waals surface area contributed by atoms with E-state index in [4.69, 9.17) is 0 Å². The fourth-order valence-electron chi connectivity index (χ4n) is 3.09. The zero-order valence-corrected chi connectivity index (χ0v) is 7.97. The number of hydrogen-bond donors (Lipinski definition) is 0. The molecule has 0 aliphatic heterocycles. The Morgan fingerprint density at radius 2 is 1.64 bits per heavy atom. The lowest BCUT2D eigenvalue weighted by Crippen LogP contribution is -2.03. The topological polar surface area (TPSA) is 0 Å². The quantitative estimate of drug-likeness (QED) is 0.540. The summed E-state index contributed by atoms with van der Waals surface area (Å²) in [6.45, 7) is 0. The molecule has 58 valence electrons. The maximum atomic E-state index is 3.80. The largest absolute Gasteiger partial charge is 0.0871 e. The monoisotopic (exact) mass is 210 g/mol. The molecule has 0 aromatic carbocycles. The Morgan fingerprint density at radius 1 is 1.09 bits per heavy atom. The first-order valence-corrected chi connectivity index (χ1v) is 5.25. The summed E-state index contributed by atoms with van der Waals surface area (Å²) < 4.78 is 0. The molecule has 0 saturated heterocycles. The van der Waals surface area contributed by atoms with Crippen LogP contribution in [0.4, 0.5) is 0 Å². The molecule has 3 aliphatic carbocycles. The number of halogens is 1. The lowest BCUT2D eigenvalue weighted by molar-refractivity contribution is 0.552. The van der Waals surface area contributed by atoms with Gasteiger partial charge in [-0.3, -0.25) is 0 Å². The van der Waals surface area contributed by atoms with Crippen molar-refractivity contribution in [1.82, 2.24) is 0 Å². The van der Waals surface area contributed by atoms with Crippen molar-refractivity contribution in [2.24, 2.45) is 10.8 Å². The van der Waals surface area contributed by atoms with Gasteiger partial charge in [-0.15, -0.1) is 0 Å². The second kappa shape index (κ2) is 1.66. The van der Waals surface area contributed by atoms with Crippen molar-refractivity contribution in [1.29, 1.82) is 0 Å². The molecule has 3 rings (SSSR count). The van der Waals surface area contributed by atoms with Gasteiger partial charge in [0.25, 0.3) is 0 Å². The molecule has 0 aromatic heterocycles. The van der Waals surface area contributed by atoms with Crippen molar-refractivity contribution in [3.63, 3.8) is 0 Å². The summed E-state index contributed by atoms with van der Waals surface area (Å²) in [7, 11) is 0. The van der Waals surface area contributed by atoms with Gasteiger partial charge in [0, 0.05) is 15.7 Å². The molecule has 3 aliphatic rings. The third-order valence-electron chi connectivity index (χ3n) is 3.77. The SMILES string of the molecule is BrC1[C@@]23C=CC=C[C@]12CCC3. The Kier molecular flexibility index (Phi) is 0.976. The van der Waals surface area contributed by atoms with E-state index in [1.165, 1.54) is 19.3 Å². The molecule has 2 atom stereocenters. The summed E-state index contributed by atoms with van der Waals surface area (Å²) >= 11 is 3.80. The Labute approximate surface area is 75.5 Å². The van der Waals surface area contributed by atoms with Crippen LogP contribution >= 0.6 is 15.9 Å². The third-order valence-corrected chi connectivity index (χ3v) is 5.40. The molecule has 1 heteroatoms. The molecule has 0 spiro atoms. The van der Waals surface area contributed by atoms with Crippen molar-refractivity contribution in [3.8, 4) is 0 Å². The lowest BCUT2D eigenvalue weighted by Gasteiger charge is -2.11. The highest BCUT2D eigenvalue weighted by molar-refractivity contribution is 9.09. The number of allylic oxidation sites excluding steroid dienone is 4. The van der Waals surface area contributed by atoms with Crippen LogP contribution < -0.4 is 0 Å². The van der Waals surface area contributed by atoms with Crippen LogP contribution in [-0.2, 0) is 0 Å². The van der Waals surface area contributed by atoms with Gasteiger partial charge in [-0.25, -0.2) is 0 Å². The van der Waals surface area contributed by atoms with Gasteiger partial charge in [0.1, 0.15) is 0 Å². The summed E-state index contributed by atoms with van der Waals surface area (Å²) in [6.07, 6.45) is 13.5. The van der Waals surface area contributed by atoms with E-state index in [9.17, 15) is 0 Å². The van der Waals surface area contributed by atoms with Crippen molar-refractivity contribution in [2.45, 2.75) is 24.1 Å². The number of hydrogen-bond acceptors (Lipinski definition) is 0. The summed E-state index contributed by atoms with van der Waals surface area (Å²) in [5.41, 5.74) is 1.09. The summed E-state index contributed by atoms with van der Waals surface area (Å²) in [6, 6.07) is 0. The second-order valence-electron chi connectivity index (χ2n) is 4.02. The van der Waals surface area contributed by atoms with Gasteiger partial charge in [-0.2, -0.15) is 0 Å². The molecule has 0 amide bonds. The van der Waals surface area contributed by atoms with Gasteiger partial charge in [0.2, 0.25) is 0 Å². The molecule has 2 saturated carbocycles. The van der Waals surface area contributed by atoms with E-state index in [0.717, 1.165) is 4.83 Å². The van der Waals surface area contributed by atoms with Gasteiger partial charge >= 0.3 is 0 Å². The predicted octanol–water partition coefficient (Wildman–Crippen LogP) is 3.05. The van der Waals surface area contributed by atoms with E-state index in [1.54, 1.807) is 0 Å². The highest BCUT2D eigenvalue weighted by Gasteiger charge is 2.74. The Bertz CT molecular complexity index is 240. The van der Waals surface area contributed by atoms with Crippen LogP contribution in [0.5, 0.6) is 0 Å². The van der Waals surface area contributed by atoms with Gasteiger partial charge in [0.15, 0.2) is 0 Å². The molecule has 0 bridgehead atoms. The molecule has 0 N–H and O–H groups in total. The van der Waals surface area contributed by atoms with Crippen molar-refractivity contribution < 1.29 is 0 Å². The minimum atomic E-state index is 0.543. The Balaban J connectivity index is 2.15. The first-order valence-electron chi connectivity index (χ1n) is 4.33. The molecule has 0 heterocycles. The highest BCUT2D eigenvalue weighted by atomic mass is 79.9. The first kappa shape index (κ1) is 6.47. The van der Waals surface area contributed by atoms with Crippen LogP contribution in [-0.4, -0.2) is 4.83 Å². The van der Waals surface area contributed by atoms with Crippen molar-refractivity contribution >= 4 is 15.9 Å². The molecule has 0 radical (unpaired) electrons. The minimum Gasteiger partial charge on any atom is -0.0871 e. The average molecular weight is 211 g/mol. The van der Waals surface area contributed by atoms with Crippen LogP contribution in [0.2, 0.25) is 0 Å². The molecule has 2 fully saturated rings. The minimum absolute atomic E-state index is 0.543. The first-order chi connectivity index (χ1) is 5.32. The maximum absolute atomic E-state index is 3.80. The lowest BCUT2D eigenvalue weighted by atomic mass is 9.92. The van der Waals surface area contributed by atoms with Gasteiger partial charge in [-0.05, 0) is 12.8 Å². The fourth-order valence-corrected chi connectivity index (χ4v) is 4.57. The summed E-state index contributed by atoms with van der Waals surface area (Å²) in [5, 5.41) is 0. The molecular formula is C10H11Br. The Morgan fingerprint density at radius 3 is 2.18 bits per heavy atom. The Hall–Kier alpha value is -0.0400. The van der Waals surface area contributed by atoms with E-state index in [-0.39, 0.29) is 0 Å². The average Bonchev–Trinajstić information content (AvgIpc) is 2.44. The van der Waals surface area contributed by atoms with Crippen molar-refractivity contribution in [3.05, 3.63) is 24.3 Å². The normalized spacial score (nSPS) is 57.4. The molecule has 11 heavy (non-hydrogen) atoms. The summed E-state index contributed by atoms with van der Waals surface area (Å²) in [5.74, 6) is 0. The maximum Gasteiger partial charge on any atom is 0.0345 e. The van der Waals surface area contributed by atoms with Gasteiger partial charge < -0.3 is 0 Å².